The van der Waals surface area contributed by atoms with Crippen molar-refractivity contribution in [1.29, 1.82) is 0 Å². The van der Waals surface area contributed by atoms with E-state index in [0.29, 0.717) is 11.5 Å². The fraction of sp³-hybridized carbons (Fsp3) is 0.314. The molecule has 0 aliphatic carbocycles. The minimum atomic E-state index is -0.0633. The van der Waals surface area contributed by atoms with Crippen molar-refractivity contribution in [3.05, 3.63) is 114 Å². The molecule has 0 radical (unpaired) electrons. The molecule has 5 rings (SSSR count). The third-order valence-electron chi connectivity index (χ3n) is 8.01. The molecule has 0 bridgehead atoms. The quantitative estimate of drug-likeness (QED) is 0.240. The lowest BCUT2D eigenvalue weighted by molar-refractivity contribution is -0.118. The summed E-state index contributed by atoms with van der Waals surface area (Å²) in [5.41, 5.74) is 4.02. The maximum atomic E-state index is 13.5. The Morgan fingerprint density at radius 2 is 1.55 bits per heavy atom. The molecule has 4 aromatic rings. The molecule has 1 fully saturated rings. The van der Waals surface area contributed by atoms with Crippen LogP contribution in [-0.4, -0.2) is 36.3 Å². The molecule has 2 amide bonds. The van der Waals surface area contributed by atoms with Gasteiger partial charge in [-0.1, -0.05) is 92.7 Å². The highest BCUT2D eigenvalue weighted by Gasteiger charge is 2.23. The van der Waals surface area contributed by atoms with Crippen molar-refractivity contribution < 1.29 is 9.59 Å². The number of carbonyl (C=O) groups is 2. The standard InChI is InChI=1S/C35H39N3O2/c1-25(2)34(39)36-30-15-8-14-29(24-30)26-18-21-38(22-19-26)23-20-33(28-11-4-3-5-12-28)37-35(40)32-17-9-13-27-10-6-7-16-31(27)32/h3-17,24-26,33H,18-23H2,1-2H3,(H,36,39)(H,37,40). The van der Waals surface area contributed by atoms with E-state index in [9.17, 15) is 9.59 Å². The molecule has 5 heteroatoms. The first kappa shape index (κ1) is 27.6. The fourth-order valence-electron chi connectivity index (χ4n) is 5.63. The molecule has 0 saturated carbocycles. The Bertz CT molecular complexity index is 1440. The van der Waals surface area contributed by atoms with E-state index in [4.69, 9.17) is 0 Å². The molecule has 1 atom stereocenters. The Morgan fingerprint density at radius 1 is 0.850 bits per heavy atom. The normalized spacial score (nSPS) is 15.2. The van der Waals surface area contributed by atoms with Crippen molar-refractivity contribution in [1.82, 2.24) is 10.2 Å². The van der Waals surface area contributed by atoms with Gasteiger partial charge in [0.2, 0.25) is 5.91 Å². The summed E-state index contributed by atoms with van der Waals surface area (Å²) in [5, 5.41) is 8.42. The number of fused-ring (bicyclic) bond motifs is 1. The SMILES string of the molecule is CC(C)C(=O)Nc1cccc(C2CCN(CCC(NC(=O)c3cccc4ccccc34)c3ccccc3)CC2)c1. The van der Waals surface area contributed by atoms with E-state index in [2.05, 4.69) is 39.8 Å². The van der Waals surface area contributed by atoms with Crippen molar-refractivity contribution in [2.75, 3.05) is 25.0 Å². The predicted molar refractivity (Wildman–Crippen MR) is 164 cm³/mol. The van der Waals surface area contributed by atoms with Crippen LogP contribution in [0.3, 0.4) is 0 Å². The number of rotatable bonds is 9. The van der Waals surface area contributed by atoms with Crippen LogP contribution < -0.4 is 10.6 Å². The Kier molecular flexibility index (Phi) is 8.92. The maximum Gasteiger partial charge on any atom is 0.252 e. The molecule has 5 nitrogen and oxygen atoms in total. The lowest BCUT2D eigenvalue weighted by Gasteiger charge is -2.33. The highest BCUT2D eigenvalue weighted by Crippen LogP contribution is 2.30. The minimum Gasteiger partial charge on any atom is -0.345 e. The average Bonchev–Trinajstić information content (AvgIpc) is 2.99. The van der Waals surface area contributed by atoms with Crippen LogP contribution in [0.15, 0.2) is 97.1 Å². The smallest absolute Gasteiger partial charge is 0.252 e. The Hall–Kier alpha value is -3.96. The summed E-state index contributed by atoms with van der Waals surface area (Å²) in [4.78, 5) is 28.1. The lowest BCUT2D eigenvalue weighted by Crippen LogP contribution is -2.36. The largest absolute Gasteiger partial charge is 0.345 e. The lowest BCUT2D eigenvalue weighted by atomic mass is 9.89. The zero-order valence-electron chi connectivity index (χ0n) is 23.5. The van der Waals surface area contributed by atoms with Crippen LogP contribution in [0.5, 0.6) is 0 Å². The van der Waals surface area contributed by atoms with Gasteiger partial charge < -0.3 is 15.5 Å². The Morgan fingerprint density at radius 3 is 2.33 bits per heavy atom. The van der Waals surface area contributed by atoms with Crippen molar-refractivity contribution in [3.63, 3.8) is 0 Å². The molecule has 0 aromatic heterocycles. The van der Waals surface area contributed by atoms with Crippen LogP contribution in [0.4, 0.5) is 5.69 Å². The summed E-state index contributed by atoms with van der Waals surface area (Å²) in [6, 6.07) is 32.5. The number of hydrogen-bond donors (Lipinski definition) is 2. The van der Waals surface area contributed by atoms with Crippen LogP contribution in [0.2, 0.25) is 0 Å². The van der Waals surface area contributed by atoms with Gasteiger partial charge in [0.15, 0.2) is 0 Å². The van der Waals surface area contributed by atoms with E-state index in [1.807, 2.05) is 86.6 Å². The molecule has 1 heterocycles. The molecular formula is C35H39N3O2. The molecule has 1 saturated heterocycles. The summed E-state index contributed by atoms with van der Waals surface area (Å²) >= 11 is 0. The van der Waals surface area contributed by atoms with Gasteiger partial charge in [0, 0.05) is 23.7 Å². The van der Waals surface area contributed by atoms with E-state index >= 15 is 0 Å². The van der Waals surface area contributed by atoms with E-state index in [-0.39, 0.29) is 23.8 Å². The Balaban J connectivity index is 1.21. The minimum absolute atomic E-state index is 0.0335. The van der Waals surface area contributed by atoms with Crippen LogP contribution in [0.25, 0.3) is 10.8 Å². The van der Waals surface area contributed by atoms with Gasteiger partial charge in [-0.3, -0.25) is 9.59 Å². The summed E-state index contributed by atoms with van der Waals surface area (Å²) in [7, 11) is 0. The second kappa shape index (κ2) is 12.9. The van der Waals surface area contributed by atoms with Crippen molar-refractivity contribution in [3.8, 4) is 0 Å². The van der Waals surface area contributed by atoms with Gasteiger partial charge in [-0.25, -0.2) is 0 Å². The third-order valence-corrected chi connectivity index (χ3v) is 8.01. The average molecular weight is 534 g/mol. The monoisotopic (exact) mass is 533 g/mol. The number of nitrogens with zero attached hydrogens (tertiary/aromatic N) is 1. The van der Waals surface area contributed by atoms with Crippen LogP contribution in [0.1, 0.15) is 66.6 Å². The van der Waals surface area contributed by atoms with Gasteiger partial charge in [-0.2, -0.15) is 0 Å². The number of anilines is 1. The predicted octanol–water partition coefficient (Wildman–Crippen LogP) is 7.18. The number of carbonyl (C=O) groups excluding carboxylic acids is 2. The first-order valence-corrected chi connectivity index (χ1v) is 14.4. The summed E-state index contributed by atoms with van der Waals surface area (Å²) in [5.74, 6) is 0.466. The van der Waals surface area contributed by atoms with E-state index in [0.717, 1.165) is 60.9 Å². The number of benzene rings is 4. The van der Waals surface area contributed by atoms with Gasteiger partial charge >= 0.3 is 0 Å². The van der Waals surface area contributed by atoms with Crippen molar-refractivity contribution in [2.24, 2.45) is 5.92 Å². The molecule has 0 spiro atoms. The van der Waals surface area contributed by atoms with Gasteiger partial charge in [0.1, 0.15) is 0 Å². The van der Waals surface area contributed by atoms with Crippen LogP contribution in [-0.2, 0) is 4.79 Å². The molecule has 1 aliphatic rings. The van der Waals surface area contributed by atoms with Crippen molar-refractivity contribution in [2.45, 2.75) is 45.1 Å². The second-order valence-corrected chi connectivity index (χ2v) is 11.1. The van der Waals surface area contributed by atoms with E-state index in [1.54, 1.807) is 0 Å². The topological polar surface area (TPSA) is 61.4 Å². The van der Waals surface area contributed by atoms with Crippen LogP contribution in [0, 0.1) is 5.92 Å². The zero-order chi connectivity index (χ0) is 27.9. The van der Waals surface area contributed by atoms with Gasteiger partial charge in [0.25, 0.3) is 5.91 Å². The third kappa shape index (κ3) is 6.78. The number of piperidine rings is 1. The first-order chi connectivity index (χ1) is 19.5. The second-order valence-electron chi connectivity index (χ2n) is 11.1. The fourth-order valence-corrected chi connectivity index (χ4v) is 5.63. The number of hydrogen-bond acceptors (Lipinski definition) is 3. The highest BCUT2D eigenvalue weighted by molar-refractivity contribution is 6.07. The molecule has 4 aromatic carbocycles. The zero-order valence-corrected chi connectivity index (χ0v) is 23.5. The molecule has 1 aliphatic heterocycles. The van der Waals surface area contributed by atoms with Crippen LogP contribution >= 0.6 is 0 Å². The molecule has 40 heavy (non-hydrogen) atoms. The number of nitrogens with one attached hydrogen (secondary N) is 2. The number of likely N-dealkylation sites (tertiary alicyclic amines) is 1. The van der Waals surface area contributed by atoms with Gasteiger partial charge in [-0.15, -0.1) is 0 Å². The Labute approximate surface area is 237 Å². The van der Waals surface area contributed by atoms with Gasteiger partial charge in [0.05, 0.1) is 6.04 Å². The van der Waals surface area contributed by atoms with E-state index < -0.39 is 0 Å². The summed E-state index contributed by atoms with van der Waals surface area (Å²) < 4.78 is 0. The summed E-state index contributed by atoms with van der Waals surface area (Å²) in [6.45, 7) is 6.78. The van der Waals surface area contributed by atoms with Gasteiger partial charge in [-0.05, 0) is 78.4 Å². The molecule has 2 N–H and O–H groups in total. The number of amides is 2. The van der Waals surface area contributed by atoms with Crippen molar-refractivity contribution >= 4 is 28.3 Å². The van der Waals surface area contributed by atoms with E-state index in [1.165, 1.54) is 5.56 Å². The summed E-state index contributed by atoms with van der Waals surface area (Å²) in [6.07, 6.45) is 3.02. The molecule has 1 unspecified atom stereocenters. The maximum absolute atomic E-state index is 13.5. The highest BCUT2D eigenvalue weighted by atomic mass is 16.2. The molecule has 206 valence electrons. The first-order valence-electron chi connectivity index (χ1n) is 14.4. The molecular weight excluding hydrogens is 494 g/mol.